The summed E-state index contributed by atoms with van der Waals surface area (Å²) in [5.74, 6) is -0.119. The van der Waals surface area contributed by atoms with E-state index < -0.39 is 12.4 Å². The lowest BCUT2D eigenvalue weighted by Gasteiger charge is -2.22. The summed E-state index contributed by atoms with van der Waals surface area (Å²) < 4.78 is 39.0. The van der Waals surface area contributed by atoms with Crippen LogP contribution in [0.3, 0.4) is 0 Å². The average Bonchev–Trinajstić information content (AvgIpc) is 3.61. The third-order valence-electron chi connectivity index (χ3n) is 7.81. The van der Waals surface area contributed by atoms with Crippen LogP contribution in [0, 0.1) is 6.92 Å². The monoisotopic (exact) mass is 666 g/mol. The minimum atomic E-state index is -3.03. The molecule has 3 atom stereocenters. The summed E-state index contributed by atoms with van der Waals surface area (Å²) in [7, 11) is 2.63. The lowest BCUT2D eigenvalue weighted by molar-refractivity contribution is -0.128. The largest absolute Gasteiger partial charge is 0.470 e. The van der Waals surface area contributed by atoms with Crippen molar-refractivity contribution in [2.75, 3.05) is 25.0 Å². The minimum Gasteiger partial charge on any atom is -0.470 e. The zero-order valence-corrected chi connectivity index (χ0v) is 28.3. The molecule has 47 heavy (non-hydrogen) atoms. The highest BCUT2D eigenvalue weighted by atomic mass is 31.0. The third kappa shape index (κ3) is 8.62. The van der Waals surface area contributed by atoms with Gasteiger partial charge in [-0.05, 0) is 74.7 Å². The molecule has 250 valence electrons. The van der Waals surface area contributed by atoms with Crippen LogP contribution in [0.5, 0.6) is 11.6 Å². The molecule has 10 nitrogen and oxygen atoms in total. The Balaban J connectivity index is 1.58. The first-order valence-corrected chi connectivity index (χ1v) is 16.2. The van der Waals surface area contributed by atoms with Gasteiger partial charge in [0.2, 0.25) is 17.6 Å². The Labute approximate surface area is 275 Å². The van der Waals surface area contributed by atoms with E-state index in [4.69, 9.17) is 15.2 Å². The Morgan fingerprint density at radius 3 is 2.57 bits per heavy atom. The molecule has 0 aliphatic heterocycles. The van der Waals surface area contributed by atoms with E-state index >= 15 is 0 Å². The number of carbonyl (C=O) groups excluding carboxylic acids is 2. The molecule has 13 heteroatoms. The maximum atomic E-state index is 13.6. The number of nitrogens with two attached hydrogens (primary N) is 1. The molecule has 0 radical (unpaired) electrons. The molecule has 0 bridgehead atoms. The molecule has 4 rings (SSSR count). The summed E-state index contributed by atoms with van der Waals surface area (Å²) >= 11 is 0. The lowest BCUT2D eigenvalue weighted by atomic mass is 9.95. The fourth-order valence-electron chi connectivity index (χ4n) is 5.21. The van der Waals surface area contributed by atoms with Crippen LogP contribution < -0.4 is 15.2 Å². The number of benzene rings is 1. The fourth-order valence-corrected chi connectivity index (χ4v) is 5.37. The van der Waals surface area contributed by atoms with Gasteiger partial charge in [0.05, 0.1) is 29.3 Å². The number of nitrogen functional groups attached to an aromatic ring is 1. The van der Waals surface area contributed by atoms with Gasteiger partial charge >= 0.3 is 6.61 Å². The highest BCUT2D eigenvalue weighted by Gasteiger charge is 2.23. The highest BCUT2D eigenvalue weighted by molar-refractivity contribution is 7.16. The molecular weight excluding hydrogens is 625 g/mol. The van der Waals surface area contributed by atoms with Crippen LogP contribution in [-0.4, -0.2) is 68.3 Å². The maximum Gasteiger partial charge on any atom is 0.387 e. The molecule has 3 aromatic heterocycles. The van der Waals surface area contributed by atoms with E-state index in [1.165, 1.54) is 23.9 Å². The van der Waals surface area contributed by atoms with E-state index in [2.05, 4.69) is 24.3 Å². The van der Waals surface area contributed by atoms with Gasteiger partial charge in [0.15, 0.2) is 0 Å². The second-order valence-electron chi connectivity index (χ2n) is 11.2. The van der Waals surface area contributed by atoms with Crippen molar-refractivity contribution >= 4 is 37.7 Å². The van der Waals surface area contributed by atoms with E-state index in [0.29, 0.717) is 47.5 Å². The number of H-pyrrole nitrogens is 1. The summed E-state index contributed by atoms with van der Waals surface area (Å²) in [6, 6.07) is 6.55. The number of hydrogen-bond donors (Lipinski definition) is 2. The number of ether oxygens (including phenoxy) is 2. The second kappa shape index (κ2) is 15.8. The highest BCUT2D eigenvalue weighted by Crippen LogP contribution is 2.35. The van der Waals surface area contributed by atoms with Crippen molar-refractivity contribution in [2.45, 2.75) is 59.7 Å². The Morgan fingerprint density at radius 1 is 1.15 bits per heavy atom. The molecule has 0 aliphatic rings. The number of amides is 1. The number of carbonyl (C=O) groups is 2. The molecule has 3 heterocycles. The number of fused-ring (bicyclic) bond motifs is 1. The topological polar surface area (TPSA) is 128 Å². The van der Waals surface area contributed by atoms with E-state index in [0.717, 1.165) is 11.7 Å². The van der Waals surface area contributed by atoms with Crippen molar-refractivity contribution in [3.05, 3.63) is 83.3 Å². The molecule has 1 aromatic carbocycles. The maximum absolute atomic E-state index is 13.6. The van der Waals surface area contributed by atoms with E-state index in [1.54, 1.807) is 29.3 Å². The van der Waals surface area contributed by atoms with Crippen molar-refractivity contribution in [1.82, 2.24) is 24.6 Å². The molecule has 0 saturated heterocycles. The summed E-state index contributed by atoms with van der Waals surface area (Å²) in [6.45, 7) is 7.03. The zero-order valence-electron chi connectivity index (χ0n) is 27.2. The number of ketones is 1. The third-order valence-corrected chi connectivity index (χ3v) is 8.08. The second-order valence-corrected chi connectivity index (χ2v) is 11.7. The predicted molar refractivity (Wildman–Crippen MR) is 183 cm³/mol. The molecule has 0 spiro atoms. The number of halogens is 2. The molecule has 0 fully saturated rings. The minimum absolute atomic E-state index is 0.0181. The first kappa shape index (κ1) is 35.3. The molecule has 1 amide bonds. The van der Waals surface area contributed by atoms with Gasteiger partial charge in [-0.25, -0.2) is 9.67 Å². The Hall–Kier alpha value is -4.57. The van der Waals surface area contributed by atoms with Crippen LogP contribution >= 0.6 is 9.24 Å². The first-order chi connectivity index (χ1) is 22.4. The van der Waals surface area contributed by atoms with Gasteiger partial charge in [-0.2, -0.15) is 13.9 Å². The van der Waals surface area contributed by atoms with Gasteiger partial charge in [-0.1, -0.05) is 25.2 Å². The number of rotatable bonds is 15. The van der Waals surface area contributed by atoms with Crippen molar-refractivity contribution in [2.24, 2.45) is 0 Å². The fraction of sp³-hybridized carbons (Fsp3) is 0.353. The van der Waals surface area contributed by atoms with Crippen LogP contribution in [-0.2, 0) is 4.79 Å². The molecule has 0 saturated carbocycles. The van der Waals surface area contributed by atoms with Gasteiger partial charge in [-0.15, -0.1) is 9.24 Å². The zero-order chi connectivity index (χ0) is 34.2. The summed E-state index contributed by atoms with van der Waals surface area (Å²) in [6.07, 6.45) is 12.0. The van der Waals surface area contributed by atoms with E-state index in [1.807, 2.05) is 52.0 Å². The Morgan fingerprint density at radius 2 is 1.91 bits per heavy atom. The van der Waals surface area contributed by atoms with Crippen LogP contribution in [0.4, 0.5) is 14.6 Å². The summed E-state index contributed by atoms with van der Waals surface area (Å²) in [4.78, 5) is 34.7. The number of pyridine rings is 1. The normalized spacial score (nSPS) is 13.1. The number of hydrogen-bond acceptors (Lipinski definition) is 7. The Kier molecular flexibility index (Phi) is 11.9. The van der Waals surface area contributed by atoms with Crippen molar-refractivity contribution in [3.8, 4) is 17.3 Å². The number of nitrogens with one attached hydrogen (secondary N) is 1. The average molecular weight is 667 g/mol. The van der Waals surface area contributed by atoms with Crippen LogP contribution in [0.25, 0.3) is 16.6 Å². The Bertz CT molecular complexity index is 1780. The number of anilines is 1. The van der Waals surface area contributed by atoms with Crippen LogP contribution in [0.15, 0.2) is 61.0 Å². The smallest absolute Gasteiger partial charge is 0.387 e. The van der Waals surface area contributed by atoms with Gasteiger partial charge < -0.3 is 25.1 Å². The number of allylic oxidation sites excluding steroid dienone is 3. The predicted octanol–water partition coefficient (Wildman–Crippen LogP) is 6.59. The number of aryl methyl sites for hydroxylation is 1. The number of aromatic nitrogens is 4. The van der Waals surface area contributed by atoms with Crippen molar-refractivity contribution in [3.63, 3.8) is 0 Å². The molecule has 4 aromatic rings. The number of alkyl halides is 2. The van der Waals surface area contributed by atoms with E-state index in [9.17, 15) is 18.4 Å². The van der Waals surface area contributed by atoms with Gasteiger partial charge in [0.25, 0.3) is 0 Å². The number of nitrogens with zero attached hydrogens (tertiary/aromatic N) is 4. The van der Waals surface area contributed by atoms with Crippen molar-refractivity contribution < 1.29 is 27.8 Å². The quantitative estimate of drug-likeness (QED) is 0.0833. The molecule has 0 aliphatic carbocycles. The van der Waals surface area contributed by atoms with Crippen LogP contribution in [0.2, 0.25) is 0 Å². The molecule has 3 N–H and O–H groups in total. The SMILES string of the molecule is CCN(CCC(C)c1cc2[nH]c(C(=O)c3cnn(-c4cnc(OC(C)/C=C\C=C/CP)cc4C)c3N)cc2cc1OC(F)F)C(C)=O. The molecular formula is C34H41F2N6O4P. The summed E-state index contributed by atoms with van der Waals surface area (Å²) in [5.41, 5.74) is 9.27. The first-order valence-electron chi connectivity index (χ1n) is 15.4. The summed E-state index contributed by atoms with van der Waals surface area (Å²) in [5, 5.41) is 4.88. The number of aromatic amines is 1. The standard InChI is InChI=1S/C34H41F2N6O4P/c1-6-41(23(5)43)12-11-20(2)25-17-27-24(16-30(25)46-34(35)36)15-28(40-27)32(44)26-18-39-42(33(26)37)29-19-38-31(14-21(29)3)45-22(4)10-8-7-9-13-47/h7-10,14-20,22,34,40H,6,11-13,37,47H2,1-5H3/b9-7-,10-8-. The van der Waals surface area contributed by atoms with Gasteiger partial charge in [0.1, 0.15) is 17.7 Å². The molecule has 3 unspecified atom stereocenters. The van der Waals surface area contributed by atoms with Gasteiger partial charge in [0, 0.05) is 37.0 Å². The van der Waals surface area contributed by atoms with E-state index in [-0.39, 0.29) is 40.8 Å². The van der Waals surface area contributed by atoms with Crippen molar-refractivity contribution in [1.29, 1.82) is 0 Å². The van der Waals surface area contributed by atoms with Crippen LogP contribution in [0.1, 0.15) is 67.2 Å². The lowest BCUT2D eigenvalue weighted by Crippen LogP contribution is -2.30. The van der Waals surface area contributed by atoms with Gasteiger partial charge in [-0.3, -0.25) is 9.59 Å².